The lowest BCUT2D eigenvalue weighted by Crippen LogP contribution is -2.71. The van der Waals surface area contributed by atoms with Gasteiger partial charge in [0.2, 0.25) is 5.91 Å². The molecule has 11 heteroatoms. The molecule has 0 aromatic heterocycles. The Hall–Kier alpha value is -2.89. The van der Waals surface area contributed by atoms with Crippen molar-refractivity contribution in [3.05, 3.63) is 47.2 Å². The van der Waals surface area contributed by atoms with E-state index in [1.807, 2.05) is 0 Å². The fraction of sp³-hybridized carbons (Fsp3) is 0.333. The van der Waals surface area contributed by atoms with Crippen molar-refractivity contribution < 1.29 is 34.5 Å². The third-order valence-electron chi connectivity index (χ3n) is 4.44. The number of nitrogens with two attached hydrogens (primary N) is 1. The molecule has 0 bridgehead atoms. The van der Waals surface area contributed by atoms with Gasteiger partial charge in [0.25, 0.3) is 5.91 Å². The monoisotopic (exact) mass is 423 g/mol. The molecule has 2 aliphatic rings. The van der Waals surface area contributed by atoms with Crippen molar-refractivity contribution in [2.24, 2.45) is 5.73 Å². The van der Waals surface area contributed by atoms with E-state index < -0.39 is 41.2 Å². The highest BCUT2D eigenvalue weighted by Crippen LogP contribution is 2.40. The lowest BCUT2D eigenvalue weighted by atomic mass is 10.0. The zero-order chi connectivity index (χ0) is 20.4. The van der Waals surface area contributed by atoms with Gasteiger partial charge in [0, 0.05) is 18.2 Å². The van der Waals surface area contributed by atoms with Crippen molar-refractivity contribution in [3.8, 4) is 0 Å². The number of rotatable bonds is 6. The molecule has 1 aromatic carbocycles. The number of carbonyl (C=O) groups excluding carboxylic acids is 3. The Bertz CT molecular complexity index is 858. The first-order valence-corrected chi connectivity index (χ1v) is 9.50. The number of β-lactam (4-membered cyclic amide) rings is 1. The predicted molar refractivity (Wildman–Crippen MR) is 103 cm³/mol. The van der Waals surface area contributed by atoms with Crippen LogP contribution in [0.4, 0.5) is 0 Å². The SMILES string of the molecule is CC(=O)OCC1=C(C(=O)O)N2C(=O)[C@@H](NC(=O)[C@H](N)c3ccccc3)[C@H]2SC1.O. The molecule has 0 aliphatic carbocycles. The van der Waals surface area contributed by atoms with Crippen LogP contribution in [0.5, 0.6) is 0 Å². The number of hydrogen-bond donors (Lipinski definition) is 3. The molecule has 1 saturated heterocycles. The Labute approximate surface area is 170 Å². The second-order valence-corrected chi connectivity index (χ2v) is 7.43. The number of hydrogen-bond acceptors (Lipinski definition) is 7. The standard InChI is InChI=1S/C18H19N3O6S.H2O/c1-9(22)27-7-11-8-28-17-13(16(24)21(17)14(11)18(25)26)20-15(23)12(19)10-5-3-2-4-6-10;/h2-6,12-13,17H,7-8,19H2,1H3,(H,20,23)(H,25,26);1H2/t12-,13-,17-;/m1./s1. The number of thioether (sulfide) groups is 1. The highest BCUT2D eigenvalue weighted by Gasteiger charge is 2.54. The van der Waals surface area contributed by atoms with E-state index in [2.05, 4.69) is 5.32 Å². The largest absolute Gasteiger partial charge is 0.477 e. The van der Waals surface area contributed by atoms with Crippen LogP contribution in [-0.2, 0) is 23.9 Å². The van der Waals surface area contributed by atoms with Crippen molar-refractivity contribution in [3.63, 3.8) is 0 Å². The number of aliphatic carboxylic acids is 1. The minimum atomic E-state index is -1.29. The zero-order valence-corrected chi connectivity index (χ0v) is 16.3. The Morgan fingerprint density at radius 2 is 2.00 bits per heavy atom. The molecular formula is C18H21N3O7S. The number of carboxylic acids is 1. The number of fused-ring (bicyclic) bond motifs is 1. The first kappa shape index (κ1) is 22.4. The summed E-state index contributed by atoms with van der Waals surface area (Å²) < 4.78 is 4.88. The van der Waals surface area contributed by atoms with E-state index in [-0.39, 0.29) is 23.5 Å². The fourth-order valence-electron chi connectivity index (χ4n) is 3.04. The highest BCUT2D eigenvalue weighted by atomic mass is 32.2. The molecule has 2 amide bonds. The van der Waals surface area contributed by atoms with E-state index in [0.29, 0.717) is 11.1 Å². The number of nitrogens with one attached hydrogen (secondary N) is 1. The molecular weight excluding hydrogens is 402 g/mol. The second-order valence-electron chi connectivity index (χ2n) is 6.32. The van der Waals surface area contributed by atoms with Crippen LogP contribution < -0.4 is 11.1 Å². The number of amides is 2. The van der Waals surface area contributed by atoms with E-state index in [0.717, 1.165) is 4.90 Å². The van der Waals surface area contributed by atoms with Crippen LogP contribution in [0.25, 0.3) is 0 Å². The molecule has 2 heterocycles. The summed E-state index contributed by atoms with van der Waals surface area (Å²) in [6.07, 6.45) is 0. The van der Waals surface area contributed by atoms with E-state index in [4.69, 9.17) is 10.5 Å². The summed E-state index contributed by atoms with van der Waals surface area (Å²) in [6.45, 7) is 1.02. The highest BCUT2D eigenvalue weighted by molar-refractivity contribution is 8.00. The molecule has 0 radical (unpaired) electrons. The molecule has 10 nitrogen and oxygen atoms in total. The lowest BCUT2D eigenvalue weighted by molar-refractivity contribution is -0.151. The van der Waals surface area contributed by atoms with Gasteiger partial charge < -0.3 is 26.4 Å². The van der Waals surface area contributed by atoms with Crippen LogP contribution in [0.2, 0.25) is 0 Å². The average molecular weight is 423 g/mol. The van der Waals surface area contributed by atoms with Crippen LogP contribution >= 0.6 is 11.8 Å². The summed E-state index contributed by atoms with van der Waals surface area (Å²) in [6, 6.07) is 6.92. The summed E-state index contributed by atoms with van der Waals surface area (Å²) >= 11 is 1.29. The van der Waals surface area contributed by atoms with E-state index in [1.165, 1.54) is 18.7 Å². The van der Waals surface area contributed by atoms with Crippen molar-refractivity contribution in [1.82, 2.24) is 10.2 Å². The predicted octanol–water partition coefficient (Wildman–Crippen LogP) is -0.837. The first-order valence-electron chi connectivity index (χ1n) is 8.45. The minimum Gasteiger partial charge on any atom is -0.477 e. The molecule has 0 unspecified atom stereocenters. The van der Waals surface area contributed by atoms with Crippen LogP contribution in [0.1, 0.15) is 18.5 Å². The van der Waals surface area contributed by atoms with Gasteiger partial charge in [0.15, 0.2) is 0 Å². The van der Waals surface area contributed by atoms with E-state index in [1.54, 1.807) is 30.3 Å². The quantitative estimate of drug-likeness (QED) is 0.393. The van der Waals surface area contributed by atoms with E-state index in [9.17, 15) is 24.3 Å². The van der Waals surface area contributed by atoms with Crippen LogP contribution in [-0.4, -0.2) is 63.0 Å². The maximum absolute atomic E-state index is 12.5. The van der Waals surface area contributed by atoms with Crippen molar-refractivity contribution in [1.29, 1.82) is 0 Å². The molecule has 1 fully saturated rings. The summed E-state index contributed by atoms with van der Waals surface area (Å²) in [4.78, 5) is 48.7. The summed E-state index contributed by atoms with van der Waals surface area (Å²) in [5.41, 5.74) is 6.69. The van der Waals surface area contributed by atoms with Gasteiger partial charge in [-0.25, -0.2) is 4.79 Å². The lowest BCUT2D eigenvalue weighted by Gasteiger charge is -2.49. The minimum absolute atomic E-state index is 0. The average Bonchev–Trinajstić information content (AvgIpc) is 2.69. The van der Waals surface area contributed by atoms with Gasteiger partial charge >= 0.3 is 11.9 Å². The number of carbonyl (C=O) groups is 4. The molecule has 1 aromatic rings. The summed E-state index contributed by atoms with van der Waals surface area (Å²) in [7, 11) is 0. The molecule has 29 heavy (non-hydrogen) atoms. The first-order chi connectivity index (χ1) is 13.3. The molecule has 0 spiro atoms. The number of carboxylic acid groups (broad SMARTS) is 1. The van der Waals surface area contributed by atoms with Gasteiger partial charge in [-0.3, -0.25) is 19.3 Å². The van der Waals surface area contributed by atoms with Gasteiger partial charge in [-0.1, -0.05) is 30.3 Å². The Morgan fingerprint density at radius 1 is 1.34 bits per heavy atom. The Kier molecular flexibility index (Phi) is 7.01. The Balaban J connectivity index is 0.00000300. The van der Waals surface area contributed by atoms with Crippen molar-refractivity contribution in [2.45, 2.75) is 24.4 Å². The van der Waals surface area contributed by atoms with Gasteiger partial charge in [0.05, 0.1) is 0 Å². The van der Waals surface area contributed by atoms with Gasteiger partial charge in [-0.15, -0.1) is 11.8 Å². The van der Waals surface area contributed by atoms with Crippen LogP contribution in [0, 0.1) is 0 Å². The molecule has 6 N–H and O–H groups in total. The summed E-state index contributed by atoms with van der Waals surface area (Å²) in [5.74, 6) is -2.62. The second kappa shape index (κ2) is 9.07. The van der Waals surface area contributed by atoms with Crippen molar-refractivity contribution >= 4 is 35.5 Å². The Morgan fingerprint density at radius 3 is 2.59 bits per heavy atom. The third-order valence-corrected chi connectivity index (χ3v) is 5.78. The molecule has 0 saturated carbocycles. The van der Waals surface area contributed by atoms with Crippen LogP contribution in [0.15, 0.2) is 41.6 Å². The van der Waals surface area contributed by atoms with Crippen molar-refractivity contribution in [2.75, 3.05) is 12.4 Å². The van der Waals surface area contributed by atoms with Gasteiger partial charge in [0.1, 0.15) is 29.8 Å². The van der Waals surface area contributed by atoms with Crippen LogP contribution in [0.3, 0.4) is 0 Å². The topological polar surface area (TPSA) is 171 Å². The number of esters is 1. The third kappa shape index (κ3) is 4.42. The zero-order valence-electron chi connectivity index (χ0n) is 15.5. The maximum atomic E-state index is 12.5. The molecule has 156 valence electrons. The smallest absolute Gasteiger partial charge is 0.352 e. The number of nitrogens with zero attached hydrogens (tertiary/aromatic N) is 1. The molecule has 3 rings (SSSR count). The molecule has 2 aliphatic heterocycles. The number of benzene rings is 1. The van der Waals surface area contributed by atoms with Gasteiger partial charge in [-0.05, 0) is 5.56 Å². The fourth-order valence-corrected chi connectivity index (χ4v) is 4.37. The molecule has 3 atom stereocenters. The normalized spacial score (nSPS) is 21.3. The maximum Gasteiger partial charge on any atom is 0.352 e. The van der Waals surface area contributed by atoms with Gasteiger partial charge in [-0.2, -0.15) is 0 Å². The summed E-state index contributed by atoms with van der Waals surface area (Å²) in [5, 5.41) is 11.6. The van der Waals surface area contributed by atoms with E-state index >= 15 is 0 Å². The number of ether oxygens (including phenoxy) is 1.